The van der Waals surface area contributed by atoms with Crippen molar-refractivity contribution in [3.63, 3.8) is 0 Å². The summed E-state index contributed by atoms with van der Waals surface area (Å²) in [6, 6.07) is 17.5. The number of hydrogen-bond donors (Lipinski definition) is 1. The number of benzene rings is 2. The Kier molecular flexibility index (Phi) is 5.10. The van der Waals surface area contributed by atoms with Gasteiger partial charge >= 0.3 is 0 Å². The fraction of sp³-hybridized carbons (Fsp3) is 0.136. The highest BCUT2D eigenvalue weighted by Crippen LogP contribution is 2.29. The molecule has 0 aliphatic carbocycles. The van der Waals surface area contributed by atoms with Crippen molar-refractivity contribution in [2.45, 2.75) is 19.9 Å². The van der Waals surface area contributed by atoms with E-state index in [4.69, 9.17) is 5.26 Å². The number of anilines is 1. The summed E-state index contributed by atoms with van der Waals surface area (Å²) in [6.07, 6.45) is 0.342. The smallest absolute Gasteiger partial charge is 0.265 e. The van der Waals surface area contributed by atoms with Crippen LogP contribution in [0.5, 0.6) is 0 Å². The van der Waals surface area contributed by atoms with Gasteiger partial charge in [-0.05, 0) is 48.4 Å². The Morgan fingerprint density at radius 1 is 1.17 bits per heavy atom. The number of aromatic nitrogens is 2. The molecule has 4 aromatic rings. The van der Waals surface area contributed by atoms with Gasteiger partial charge in [0, 0.05) is 11.1 Å². The zero-order chi connectivity index (χ0) is 20.4. The molecule has 2 aromatic carbocycles. The van der Waals surface area contributed by atoms with E-state index in [1.54, 1.807) is 24.3 Å². The molecular weight excluding hydrogens is 387 g/mol. The Labute approximate surface area is 171 Å². The SMILES string of the molecule is Cc1nn(Cc2ccc(F)cc2)c2sc(C(=O)Nc3ccc(CC#N)cc3)cc12. The molecule has 0 aliphatic heterocycles. The van der Waals surface area contributed by atoms with Crippen LogP contribution < -0.4 is 5.32 Å². The molecule has 0 atom stereocenters. The van der Waals surface area contributed by atoms with Crippen LogP contribution in [0.25, 0.3) is 10.2 Å². The summed E-state index contributed by atoms with van der Waals surface area (Å²) in [4.78, 5) is 14.2. The van der Waals surface area contributed by atoms with E-state index in [0.717, 1.165) is 27.0 Å². The summed E-state index contributed by atoms with van der Waals surface area (Å²) in [7, 11) is 0. The van der Waals surface area contributed by atoms with Crippen molar-refractivity contribution in [3.8, 4) is 6.07 Å². The average Bonchev–Trinajstić information content (AvgIpc) is 3.27. The maximum atomic E-state index is 13.1. The van der Waals surface area contributed by atoms with Gasteiger partial charge in [-0.2, -0.15) is 10.4 Å². The van der Waals surface area contributed by atoms with E-state index >= 15 is 0 Å². The molecule has 4 rings (SSSR count). The van der Waals surface area contributed by atoms with Crippen molar-refractivity contribution >= 4 is 33.1 Å². The highest BCUT2D eigenvalue weighted by Gasteiger charge is 2.17. The number of nitrogens with one attached hydrogen (secondary N) is 1. The van der Waals surface area contributed by atoms with Gasteiger partial charge in [0.25, 0.3) is 5.91 Å². The van der Waals surface area contributed by atoms with Gasteiger partial charge in [-0.1, -0.05) is 24.3 Å². The van der Waals surface area contributed by atoms with Crippen molar-refractivity contribution in [1.82, 2.24) is 9.78 Å². The lowest BCUT2D eigenvalue weighted by molar-refractivity contribution is 0.103. The van der Waals surface area contributed by atoms with Crippen LogP contribution in [0.1, 0.15) is 26.5 Å². The lowest BCUT2D eigenvalue weighted by atomic mass is 10.1. The van der Waals surface area contributed by atoms with Crippen LogP contribution >= 0.6 is 11.3 Å². The zero-order valence-electron chi connectivity index (χ0n) is 15.6. The average molecular weight is 404 g/mol. The number of hydrogen-bond acceptors (Lipinski definition) is 4. The maximum absolute atomic E-state index is 13.1. The predicted octanol–water partition coefficient (Wildman–Crippen LogP) is 4.91. The fourth-order valence-corrected chi connectivity index (χ4v) is 4.14. The standard InChI is InChI=1S/C22H17FN4OS/c1-14-19-12-20(21(28)25-18-8-4-15(5-9-18)10-11-24)29-22(19)27(26-14)13-16-2-6-17(23)7-3-16/h2-9,12H,10,13H2,1H3,(H,25,28). The summed E-state index contributed by atoms with van der Waals surface area (Å²) >= 11 is 1.38. The largest absolute Gasteiger partial charge is 0.321 e. The number of amides is 1. The molecule has 29 heavy (non-hydrogen) atoms. The van der Waals surface area contributed by atoms with Crippen molar-refractivity contribution < 1.29 is 9.18 Å². The van der Waals surface area contributed by atoms with Crippen LogP contribution in [0, 0.1) is 24.1 Å². The third-order valence-electron chi connectivity index (χ3n) is 4.57. The molecule has 1 amide bonds. The first-order valence-corrected chi connectivity index (χ1v) is 9.84. The van der Waals surface area contributed by atoms with Crippen molar-refractivity contribution in [1.29, 1.82) is 5.26 Å². The van der Waals surface area contributed by atoms with Gasteiger partial charge in [-0.3, -0.25) is 9.48 Å². The van der Waals surface area contributed by atoms with E-state index in [1.807, 2.05) is 29.8 Å². The van der Waals surface area contributed by atoms with Gasteiger partial charge < -0.3 is 5.32 Å². The lowest BCUT2D eigenvalue weighted by Gasteiger charge is -2.05. The number of thiophene rings is 1. The molecule has 2 aromatic heterocycles. The normalized spacial score (nSPS) is 10.8. The Balaban J connectivity index is 1.56. The molecule has 0 unspecified atom stereocenters. The molecule has 2 heterocycles. The number of carbonyl (C=O) groups is 1. The molecule has 1 N–H and O–H groups in total. The van der Waals surface area contributed by atoms with E-state index in [2.05, 4.69) is 16.5 Å². The predicted molar refractivity (Wildman–Crippen MR) is 112 cm³/mol. The van der Waals surface area contributed by atoms with Crippen LogP contribution in [0.4, 0.5) is 10.1 Å². The topological polar surface area (TPSA) is 70.7 Å². The van der Waals surface area contributed by atoms with Crippen molar-refractivity contribution in [2.24, 2.45) is 0 Å². The Morgan fingerprint density at radius 2 is 1.86 bits per heavy atom. The minimum Gasteiger partial charge on any atom is -0.321 e. The quantitative estimate of drug-likeness (QED) is 0.514. The highest BCUT2D eigenvalue weighted by molar-refractivity contribution is 7.20. The molecule has 0 saturated heterocycles. The maximum Gasteiger partial charge on any atom is 0.265 e. The summed E-state index contributed by atoms with van der Waals surface area (Å²) in [5.74, 6) is -0.460. The lowest BCUT2D eigenvalue weighted by Crippen LogP contribution is -2.10. The number of carbonyl (C=O) groups excluding carboxylic acids is 1. The van der Waals surface area contributed by atoms with Gasteiger partial charge in [0.2, 0.25) is 0 Å². The number of halogens is 1. The van der Waals surface area contributed by atoms with E-state index in [1.165, 1.54) is 23.5 Å². The number of rotatable bonds is 5. The second-order valence-electron chi connectivity index (χ2n) is 6.68. The Hall–Kier alpha value is -3.50. The van der Waals surface area contributed by atoms with E-state index < -0.39 is 0 Å². The second kappa shape index (κ2) is 7.86. The molecule has 7 heteroatoms. The molecule has 0 radical (unpaired) electrons. The summed E-state index contributed by atoms with van der Waals surface area (Å²) in [6.45, 7) is 2.42. The van der Waals surface area contributed by atoms with E-state index in [0.29, 0.717) is 23.5 Å². The van der Waals surface area contributed by atoms with Crippen LogP contribution in [-0.2, 0) is 13.0 Å². The third kappa shape index (κ3) is 4.03. The van der Waals surface area contributed by atoms with Crippen molar-refractivity contribution in [2.75, 3.05) is 5.32 Å². The molecule has 5 nitrogen and oxygen atoms in total. The summed E-state index contributed by atoms with van der Waals surface area (Å²) < 4.78 is 15.0. The first kappa shape index (κ1) is 18.8. The van der Waals surface area contributed by atoms with E-state index in [-0.39, 0.29) is 11.7 Å². The summed E-state index contributed by atoms with van der Waals surface area (Å²) in [5.41, 5.74) is 3.37. The summed E-state index contributed by atoms with van der Waals surface area (Å²) in [5, 5.41) is 17.1. The second-order valence-corrected chi connectivity index (χ2v) is 7.72. The van der Waals surface area contributed by atoms with Gasteiger partial charge in [-0.25, -0.2) is 4.39 Å². The molecular formula is C22H17FN4OS. The van der Waals surface area contributed by atoms with Gasteiger partial charge in [-0.15, -0.1) is 11.3 Å². The van der Waals surface area contributed by atoms with Crippen LogP contribution in [0.15, 0.2) is 54.6 Å². The fourth-order valence-electron chi connectivity index (χ4n) is 3.08. The molecule has 0 saturated carbocycles. The Morgan fingerprint density at radius 3 is 2.55 bits per heavy atom. The first-order chi connectivity index (χ1) is 14.0. The van der Waals surface area contributed by atoms with Crippen LogP contribution in [0.3, 0.4) is 0 Å². The molecule has 0 aliphatic rings. The van der Waals surface area contributed by atoms with Gasteiger partial charge in [0.1, 0.15) is 10.6 Å². The minimum absolute atomic E-state index is 0.188. The number of nitriles is 1. The van der Waals surface area contributed by atoms with Crippen molar-refractivity contribution in [3.05, 3.63) is 82.1 Å². The molecule has 144 valence electrons. The monoisotopic (exact) mass is 404 g/mol. The third-order valence-corrected chi connectivity index (χ3v) is 5.72. The number of aryl methyl sites for hydroxylation is 1. The molecule has 0 spiro atoms. The van der Waals surface area contributed by atoms with E-state index in [9.17, 15) is 9.18 Å². The van der Waals surface area contributed by atoms with Crippen LogP contribution in [0.2, 0.25) is 0 Å². The van der Waals surface area contributed by atoms with Gasteiger partial charge in [0.05, 0.1) is 29.6 Å². The van der Waals surface area contributed by atoms with Gasteiger partial charge in [0.15, 0.2) is 0 Å². The molecule has 0 fully saturated rings. The highest BCUT2D eigenvalue weighted by atomic mass is 32.1. The van der Waals surface area contributed by atoms with Crippen LogP contribution in [-0.4, -0.2) is 15.7 Å². The number of nitrogens with zero attached hydrogens (tertiary/aromatic N) is 3. The molecule has 0 bridgehead atoms. The Bertz CT molecular complexity index is 1220. The minimum atomic E-state index is -0.272. The zero-order valence-corrected chi connectivity index (χ0v) is 16.5. The number of fused-ring (bicyclic) bond motifs is 1. The first-order valence-electron chi connectivity index (χ1n) is 9.02.